The number of carboxylic acid groups (broad SMARTS) is 2. The fourth-order valence-electron chi connectivity index (χ4n) is 3.48. The number of aromatic nitrogens is 3. The van der Waals surface area contributed by atoms with Gasteiger partial charge in [0.05, 0.1) is 24.3 Å². The number of halogens is 6. The number of hydrogen-bond donors (Lipinski definition) is 2. The van der Waals surface area contributed by atoms with Crippen LogP contribution in [0.5, 0.6) is 0 Å². The summed E-state index contributed by atoms with van der Waals surface area (Å²) < 4.78 is 74.6. The zero-order valence-electron chi connectivity index (χ0n) is 18.0. The second-order valence-electron chi connectivity index (χ2n) is 7.61. The number of pyridine rings is 1. The molecule has 0 amide bonds. The van der Waals surface area contributed by atoms with Gasteiger partial charge in [-0.2, -0.15) is 31.3 Å². The molecule has 10 nitrogen and oxygen atoms in total. The largest absolute Gasteiger partial charge is 0.490 e. The minimum atomic E-state index is -5.08. The minimum Gasteiger partial charge on any atom is -0.475 e. The Balaban J connectivity index is 0.000000257. The van der Waals surface area contributed by atoms with E-state index in [2.05, 4.69) is 26.1 Å². The van der Waals surface area contributed by atoms with Gasteiger partial charge >= 0.3 is 24.3 Å². The Morgan fingerprint density at radius 1 is 1.14 bits per heavy atom. The van der Waals surface area contributed by atoms with Gasteiger partial charge in [0, 0.05) is 31.7 Å². The van der Waals surface area contributed by atoms with Crippen molar-refractivity contribution in [1.82, 2.24) is 20.0 Å². The molecule has 2 aliphatic heterocycles. The lowest BCUT2D eigenvalue weighted by Gasteiger charge is -2.22. The van der Waals surface area contributed by atoms with Crippen LogP contribution in [0.4, 0.5) is 26.3 Å². The molecule has 0 bridgehead atoms. The van der Waals surface area contributed by atoms with Gasteiger partial charge in [-0.3, -0.25) is 9.88 Å². The summed E-state index contributed by atoms with van der Waals surface area (Å²) in [4.78, 5) is 29.1. The normalized spacial score (nSPS) is 21.9. The summed E-state index contributed by atoms with van der Waals surface area (Å²) >= 11 is 0. The molecule has 2 N–H and O–H groups in total. The van der Waals surface area contributed by atoms with E-state index in [0.717, 1.165) is 37.8 Å². The van der Waals surface area contributed by atoms with Gasteiger partial charge in [0.15, 0.2) is 5.82 Å². The average Bonchev–Trinajstić information content (AvgIpc) is 3.42. The lowest BCUT2D eigenvalue weighted by Crippen LogP contribution is -2.35. The molecular formula is C19H20F6N4O6. The number of aryl methyl sites for hydroxylation is 1. The van der Waals surface area contributed by atoms with Crippen molar-refractivity contribution in [2.24, 2.45) is 5.92 Å². The molecule has 35 heavy (non-hydrogen) atoms. The van der Waals surface area contributed by atoms with Crippen LogP contribution < -0.4 is 0 Å². The lowest BCUT2D eigenvalue weighted by atomic mass is 9.81. The Morgan fingerprint density at radius 3 is 2.20 bits per heavy atom. The molecule has 2 aromatic rings. The monoisotopic (exact) mass is 514 g/mol. The van der Waals surface area contributed by atoms with Gasteiger partial charge in [0.25, 0.3) is 0 Å². The number of nitrogens with zero attached hydrogens (tertiary/aromatic N) is 4. The van der Waals surface area contributed by atoms with Crippen molar-refractivity contribution in [3.8, 4) is 0 Å². The van der Waals surface area contributed by atoms with Crippen LogP contribution in [-0.2, 0) is 26.3 Å². The van der Waals surface area contributed by atoms with Gasteiger partial charge < -0.3 is 19.5 Å². The van der Waals surface area contributed by atoms with Crippen LogP contribution in [0.1, 0.15) is 17.4 Å². The molecule has 16 heteroatoms. The first kappa shape index (κ1) is 28.0. The molecule has 2 aromatic heterocycles. The molecule has 2 aliphatic rings. The molecule has 0 saturated carbocycles. The van der Waals surface area contributed by atoms with Crippen molar-refractivity contribution in [1.29, 1.82) is 0 Å². The Labute approximate surface area is 193 Å². The van der Waals surface area contributed by atoms with E-state index in [1.807, 2.05) is 25.3 Å². The van der Waals surface area contributed by atoms with E-state index in [1.54, 1.807) is 0 Å². The first-order valence-corrected chi connectivity index (χ1v) is 9.76. The molecule has 0 radical (unpaired) electrons. The van der Waals surface area contributed by atoms with Gasteiger partial charge in [-0.15, -0.1) is 0 Å². The second-order valence-corrected chi connectivity index (χ2v) is 7.61. The summed E-state index contributed by atoms with van der Waals surface area (Å²) in [6.07, 6.45) is -8.33. The highest BCUT2D eigenvalue weighted by Gasteiger charge is 2.55. The first-order valence-electron chi connectivity index (χ1n) is 9.76. The Morgan fingerprint density at radius 2 is 1.74 bits per heavy atom. The topological polar surface area (TPSA) is 139 Å². The number of fused-ring (bicyclic) bond motifs is 1. The number of carbonyl (C=O) groups is 2. The molecule has 4 rings (SSSR count). The van der Waals surface area contributed by atoms with Crippen LogP contribution in [0.25, 0.3) is 0 Å². The zero-order valence-corrected chi connectivity index (χ0v) is 18.0. The quantitative estimate of drug-likeness (QED) is 0.587. The summed E-state index contributed by atoms with van der Waals surface area (Å²) in [5.41, 5.74) is 0.950. The van der Waals surface area contributed by atoms with Crippen LogP contribution in [0.15, 0.2) is 28.9 Å². The van der Waals surface area contributed by atoms with Gasteiger partial charge in [-0.1, -0.05) is 11.2 Å². The molecule has 2 saturated heterocycles. The summed E-state index contributed by atoms with van der Waals surface area (Å²) in [7, 11) is 0. The van der Waals surface area contributed by atoms with Gasteiger partial charge in [-0.05, 0) is 19.1 Å². The highest BCUT2D eigenvalue weighted by Crippen LogP contribution is 2.43. The molecule has 2 atom stereocenters. The van der Waals surface area contributed by atoms with Gasteiger partial charge in [0.2, 0.25) is 5.89 Å². The maximum atomic E-state index is 10.6. The Kier molecular flexibility index (Phi) is 8.78. The van der Waals surface area contributed by atoms with Crippen molar-refractivity contribution >= 4 is 11.9 Å². The maximum Gasteiger partial charge on any atom is 0.490 e. The Bertz CT molecular complexity index is 976. The third-order valence-electron chi connectivity index (χ3n) is 4.99. The summed E-state index contributed by atoms with van der Waals surface area (Å²) in [5, 5.41) is 18.2. The third-order valence-corrected chi connectivity index (χ3v) is 4.99. The fourth-order valence-corrected chi connectivity index (χ4v) is 3.48. The number of rotatable bonds is 3. The van der Waals surface area contributed by atoms with E-state index in [9.17, 15) is 26.3 Å². The molecule has 0 spiro atoms. The molecule has 194 valence electrons. The molecule has 4 heterocycles. The number of likely N-dealkylation sites (tertiary alicyclic amines) is 1. The van der Waals surface area contributed by atoms with Crippen LogP contribution in [0.3, 0.4) is 0 Å². The number of ether oxygens (including phenoxy) is 1. The number of hydrogen-bond acceptors (Lipinski definition) is 8. The predicted octanol–water partition coefficient (Wildman–Crippen LogP) is 2.44. The highest BCUT2D eigenvalue weighted by molar-refractivity contribution is 5.73. The average molecular weight is 514 g/mol. The summed E-state index contributed by atoms with van der Waals surface area (Å²) in [6, 6.07) is 6.03. The van der Waals surface area contributed by atoms with E-state index >= 15 is 0 Å². The first-order chi connectivity index (χ1) is 16.1. The summed E-state index contributed by atoms with van der Waals surface area (Å²) in [5.74, 6) is -3.68. The van der Waals surface area contributed by atoms with E-state index < -0.39 is 24.3 Å². The van der Waals surface area contributed by atoms with Crippen LogP contribution >= 0.6 is 0 Å². The SMILES string of the molecule is Cc1noc([C@]23COC[C@H]2CN(Cc2ccccn2)C3)n1.O=C(O)C(F)(F)F.O=C(O)C(F)(F)F. The Hall–Kier alpha value is -3.27. The van der Waals surface area contributed by atoms with E-state index in [0.29, 0.717) is 18.3 Å². The second kappa shape index (κ2) is 11.0. The minimum absolute atomic E-state index is 0.143. The predicted molar refractivity (Wildman–Crippen MR) is 102 cm³/mol. The zero-order chi connectivity index (χ0) is 26.4. The van der Waals surface area contributed by atoms with Gasteiger partial charge in [0.1, 0.15) is 0 Å². The molecular weight excluding hydrogens is 494 g/mol. The molecule has 0 unspecified atom stereocenters. The lowest BCUT2D eigenvalue weighted by molar-refractivity contribution is -0.193. The molecule has 2 fully saturated rings. The van der Waals surface area contributed by atoms with E-state index in [-0.39, 0.29) is 5.41 Å². The summed E-state index contributed by atoms with van der Waals surface area (Å²) in [6.45, 7) is 6.01. The molecule has 0 aliphatic carbocycles. The number of aliphatic carboxylic acids is 2. The van der Waals surface area contributed by atoms with Crippen LogP contribution in [0, 0.1) is 12.8 Å². The van der Waals surface area contributed by atoms with Crippen molar-refractivity contribution in [3.05, 3.63) is 41.8 Å². The van der Waals surface area contributed by atoms with Crippen LogP contribution in [-0.4, -0.2) is 80.8 Å². The third kappa shape index (κ3) is 7.61. The van der Waals surface area contributed by atoms with Crippen molar-refractivity contribution < 1.29 is 55.4 Å². The smallest absolute Gasteiger partial charge is 0.475 e. The fraction of sp³-hybridized carbons (Fsp3) is 0.526. The molecule has 0 aromatic carbocycles. The standard InChI is InChI=1S/C15H18N4O2.2C2HF3O2/c1-11-17-14(21-18-11)15-9-19(6-12(15)8-20-10-15)7-13-4-2-3-5-16-13;2*3-2(4,5)1(6)7/h2-5,12H,6-10H2,1H3;2*(H,6,7)/t12-,15-;;/m1../s1. The highest BCUT2D eigenvalue weighted by atomic mass is 19.4. The van der Waals surface area contributed by atoms with E-state index in [4.69, 9.17) is 29.1 Å². The number of carboxylic acids is 2. The van der Waals surface area contributed by atoms with Gasteiger partial charge in [-0.25, -0.2) is 9.59 Å². The maximum absolute atomic E-state index is 10.6. The van der Waals surface area contributed by atoms with Crippen molar-refractivity contribution in [2.45, 2.75) is 31.2 Å². The number of alkyl halides is 6. The van der Waals surface area contributed by atoms with Crippen molar-refractivity contribution in [2.75, 3.05) is 26.3 Å². The van der Waals surface area contributed by atoms with Crippen LogP contribution in [0.2, 0.25) is 0 Å². The van der Waals surface area contributed by atoms with E-state index in [1.165, 1.54) is 0 Å². The van der Waals surface area contributed by atoms with Crippen molar-refractivity contribution in [3.63, 3.8) is 0 Å².